The molecule has 0 spiro atoms. The topological polar surface area (TPSA) is 11.4 Å². The summed E-state index contributed by atoms with van der Waals surface area (Å²) in [4.78, 5) is 4.87. The summed E-state index contributed by atoms with van der Waals surface area (Å²) in [5.74, 6) is 0. The number of likely N-dealkylation sites (N-methyl/N-ethyl adjacent to an activating group) is 1. The first-order valence-corrected chi connectivity index (χ1v) is 10.5. The summed E-state index contributed by atoms with van der Waals surface area (Å²) in [6.45, 7) is 6.00. The molecule has 0 radical (unpaired) electrons. The molecular weight excluding hydrogens is 387 g/mol. The first kappa shape index (κ1) is 20.9. The highest BCUT2D eigenvalue weighted by molar-refractivity contribution is 5.84. The molecule has 6 heteroatoms. The van der Waals surface area contributed by atoms with Gasteiger partial charge in [0.25, 0.3) is 0 Å². The fraction of sp³-hybridized carbons (Fsp3) is 0.417. The average molecular weight is 416 g/mol. The quantitative estimate of drug-likeness (QED) is 0.568. The minimum absolute atomic E-state index is 0.433. The maximum atomic E-state index is 13.1. The minimum Gasteiger partial charge on any atom is -0.343 e. The zero-order valence-electron chi connectivity index (χ0n) is 17.3. The van der Waals surface area contributed by atoms with Crippen LogP contribution in [-0.2, 0) is 19.1 Å². The van der Waals surface area contributed by atoms with Gasteiger partial charge in [-0.3, -0.25) is 0 Å². The Morgan fingerprint density at radius 1 is 0.933 bits per heavy atom. The van der Waals surface area contributed by atoms with Crippen molar-refractivity contribution >= 4 is 10.9 Å². The molecule has 2 aromatic carbocycles. The summed E-state index contributed by atoms with van der Waals surface area (Å²) in [6.07, 6.45) is -0.137. The van der Waals surface area contributed by atoms with Gasteiger partial charge in [-0.15, -0.1) is 0 Å². The van der Waals surface area contributed by atoms with E-state index in [1.807, 2.05) is 18.2 Å². The lowest BCUT2D eigenvalue weighted by molar-refractivity contribution is -0.137. The monoisotopic (exact) mass is 415 g/mol. The van der Waals surface area contributed by atoms with Gasteiger partial charge < -0.3 is 14.4 Å². The third-order valence-corrected chi connectivity index (χ3v) is 5.99. The lowest BCUT2D eigenvalue weighted by Gasteiger charge is -2.32. The van der Waals surface area contributed by atoms with Crippen molar-refractivity contribution in [2.24, 2.45) is 0 Å². The van der Waals surface area contributed by atoms with Crippen molar-refractivity contribution in [3.63, 3.8) is 0 Å². The van der Waals surface area contributed by atoms with Crippen LogP contribution in [0.4, 0.5) is 13.2 Å². The second-order valence-electron chi connectivity index (χ2n) is 8.25. The number of aromatic nitrogens is 1. The van der Waals surface area contributed by atoms with Crippen LogP contribution in [0.1, 0.15) is 23.1 Å². The van der Waals surface area contributed by atoms with Crippen molar-refractivity contribution < 1.29 is 13.2 Å². The summed E-state index contributed by atoms with van der Waals surface area (Å²) in [6, 6.07) is 13.8. The van der Waals surface area contributed by atoms with E-state index in [-0.39, 0.29) is 0 Å². The lowest BCUT2D eigenvalue weighted by Crippen LogP contribution is -2.44. The molecule has 160 valence electrons. The molecule has 1 aromatic heterocycles. The van der Waals surface area contributed by atoms with E-state index in [9.17, 15) is 13.2 Å². The molecule has 0 atom stereocenters. The van der Waals surface area contributed by atoms with Crippen LogP contribution in [0.5, 0.6) is 0 Å². The highest BCUT2D eigenvalue weighted by Gasteiger charge is 2.30. The molecule has 0 aliphatic carbocycles. The number of nitrogens with zero attached hydrogens (tertiary/aromatic N) is 3. The van der Waals surface area contributed by atoms with E-state index >= 15 is 0 Å². The van der Waals surface area contributed by atoms with E-state index in [1.165, 1.54) is 23.1 Å². The first-order valence-electron chi connectivity index (χ1n) is 10.5. The number of alkyl halides is 3. The van der Waals surface area contributed by atoms with Gasteiger partial charge in [-0.05, 0) is 55.8 Å². The standard InChI is InChI=1S/C24H28F3N3/c1-28-12-14-29(15-13-28)11-5-7-20-18-30(23-10-3-2-9-22(20)23)17-19-6-4-8-21(16-19)24(25,26)27/h2-4,6,8-10,16,18H,5,7,11-15,17H2,1H3. The van der Waals surface area contributed by atoms with E-state index in [4.69, 9.17) is 0 Å². The largest absolute Gasteiger partial charge is 0.416 e. The molecule has 1 fully saturated rings. The Hall–Kier alpha value is -2.31. The molecular formula is C24H28F3N3. The van der Waals surface area contributed by atoms with Gasteiger partial charge in [-0.25, -0.2) is 0 Å². The third-order valence-electron chi connectivity index (χ3n) is 5.99. The average Bonchev–Trinajstić information content (AvgIpc) is 3.07. The molecule has 1 saturated heterocycles. The van der Waals surface area contributed by atoms with Gasteiger partial charge in [0.15, 0.2) is 0 Å². The fourth-order valence-corrected chi connectivity index (χ4v) is 4.26. The number of benzene rings is 2. The van der Waals surface area contributed by atoms with Crippen LogP contribution in [0, 0.1) is 0 Å². The van der Waals surface area contributed by atoms with Crippen LogP contribution in [0.2, 0.25) is 0 Å². The Balaban J connectivity index is 1.48. The molecule has 0 amide bonds. The van der Waals surface area contributed by atoms with Crippen LogP contribution in [0.25, 0.3) is 10.9 Å². The van der Waals surface area contributed by atoms with E-state index in [2.05, 4.69) is 33.7 Å². The molecule has 4 rings (SSSR count). The molecule has 3 nitrogen and oxygen atoms in total. The normalized spacial score (nSPS) is 16.4. The second-order valence-corrected chi connectivity index (χ2v) is 8.25. The highest BCUT2D eigenvalue weighted by Crippen LogP contribution is 2.30. The van der Waals surface area contributed by atoms with E-state index in [1.54, 1.807) is 6.07 Å². The molecule has 2 heterocycles. The Labute approximate surface area is 175 Å². The van der Waals surface area contributed by atoms with E-state index < -0.39 is 11.7 Å². The van der Waals surface area contributed by atoms with Crippen LogP contribution < -0.4 is 0 Å². The SMILES string of the molecule is CN1CCN(CCCc2cn(Cc3cccc(C(F)(F)F)c3)c3ccccc23)CC1. The molecule has 0 bridgehead atoms. The van der Waals surface area contributed by atoms with Crippen molar-refractivity contribution in [2.75, 3.05) is 39.8 Å². The van der Waals surface area contributed by atoms with Gasteiger partial charge in [-0.1, -0.05) is 30.3 Å². The summed E-state index contributed by atoms with van der Waals surface area (Å²) in [5.41, 5.74) is 2.41. The summed E-state index contributed by atoms with van der Waals surface area (Å²) < 4.78 is 41.3. The highest BCUT2D eigenvalue weighted by atomic mass is 19.4. The Morgan fingerprint density at radius 2 is 1.70 bits per heavy atom. The number of fused-ring (bicyclic) bond motifs is 1. The maximum absolute atomic E-state index is 13.1. The smallest absolute Gasteiger partial charge is 0.343 e. The van der Waals surface area contributed by atoms with Crippen molar-refractivity contribution in [1.29, 1.82) is 0 Å². The van der Waals surface area contributed by atoms with E-state index in [0.29, 0.717) is 12.1 Å². The number of para-hydroxylation sites is 1. The predicted octanol–water partition coefficient (Wildman–Crippen LogP) is 4.89. The number of halogens is 3. The van der Waals surface area contributed by atoms with Crippen LogP contribution in [0.15, 0.2) is 54.7 Å². The second kappa shape index (κ2) is 8.82. The van der Waals surface area contributed by atoms with Gasteiger partial charge in [0.05, 0.1) is 5.56 Å². The van der Waals surface area contributed by atoms with Gasteiger partial charge in [0.1, 0.15) is 0 Å². The Kier molecular flexibility index (Phi) is 6.16. The van der Waals surface area contributed by atoms with Crippen LogP contribution in [0.3, 0.4) is 0 Å². The number of hydrogen-bond acceptors (Lipinski definition) is 2. The Bertz CT molecular complexity index is 985. The maximum Gasteiger partial charge on any atom is 0.416 e. The fourth-order valence-electron chi connectivity index (χ4n) is 4.26. The molecule has 0 unspecified atom stereocenters. The number of aryl methyl sites for hydroxylation is 1. The zero-order valence-corrected chi connectivity index (χ0v) is 17.3. The van der Waals surface area contributed by atoms with Crippen molar-refractivity contribution in [1.82, 2.24) is 14.4 Å². The summed E-state index contributed by atoms with van der Waals surface area (Å²) >= 11 is 0. The van der Waals surface area contributed by atoms with Gasteiger partial charge in [0, 0.05) is 49.8 Å². The van der Waals surface area contributed by atoms with Crippen molar-refractivity contribution in [3.8, 4) is 0 Å². The van der Waals surface area contributed by atoms with E-state index in [0.717, 1.165) is 57.1 Å². The molecule has 0 N–H and O–H groups in total. The molecule has 1 aliphatic heterocycles. The molecule has 0 saturated carbocycles. The summed E-state index contributed by atoms with van der Waals surface area (Å²) in [5, 5.41) is 1.20. The van der Waals surface area contributed by atoms with Gasteiger partial charge >= 0.3 is 6.18 Å². The predicted molar refractivity (Wildman–Crippen MR) is 115 cm³/mol. The van der Waals surface area contributed by atoms with Crippen molar-refractivity contribution in [2.45, 2.75) is 25.6 Å². The van der Waals surface area contributed by atoms with Gasteiger partial charge in [-0.2, -0.15) is 13.2 Å². The van der Waals surface area contributed by atoms with Crippen LogP contribution >= 0.6 is 0 Å². The number of piperazine rings is 1. The third kappa shape index (κ3) is 4.87. The molecule has 3 aromatic rings. The molecule has 1 aliphatic rings. The van der Waals surface area contributed by atoms with Crippen molar-refractivity contribution in [3.05, 3.63) is 71.4 Å². The van der Waals surface area contributed by atoms with Crippen LogP contribution in [-0.4, -0.2) is 54.1 Å². The number of hydrogen-bond donors (Lipinski definition) is 0. The first-order chi connectivity index (χ1) is 14.4. The summed E-state index contributed by atoms with van der Waals surface area (Å²) in [7, 11) is 2.16. The molecule has 30 heavy (non-hydrogen) atoms. The van der Waals surface area contributed by atoms with Gasteiger partial charge in [0.2, 0.25) is 0 Å². The lowest BCUT2D eigenvalue weighted by atomic mass is 10.1. The minimum atomic E-state index is -4.32. The zero-order chi connectivity index (χ0) is 21.1. The number of rotatable bonds is 6. The Morgan fingerprint density at radius 3 is 2.47 bits per heavy atom.